The monoisotopic (exact) mass is 638 g/mol. The van der Waals surface area contributed by atoms with Gasteiger partial charge in [0.15, 0.2) is 0 Å². The van der Waals surface area contributed by atoms with Gasteiger partial charge in [0.1, 0.15) is 6.61 Å². The van der Waals surface area contributed by atoms with E-state index in [9.17, 15) is 18.0 Å². The number of fused-ring (bicyclic) bond motifs is 1. The Bertz CT molecular complexity index is 1890. The first kappa shape index (κ1) is 31.3. The molecule has 9 nitrogen and oxygen atoms in total. The molecular formula is C36H38N4O5S. The maximum Gasteiger partial charge on any atom is 0.409 e. The Balaban J connectivity index is 1.12. The molecule has 1 aliphatic heterocycles. The van der Waals surface area contributed by atoms with Gasteiger partial charge in [0.05, 0.1) is 15.9 Å². The molecule has 238 valence electrons. The van der Waals surface area contributed by atoms with E-state index >= 15 is 0 Å². The molecule has 0 N–H and O–H groups in total. The van der Waals surface area contributed by atoms with Crippen LogP contribution in [0.2, 0.25) is 0 Å². The number of benzene rings is 4. The van der Waals surface area contributed by atoms with Gasteiger partial charge in [0, 0.05) is 38.3 Å². The third-order valence-corrected chi connectivity index (χ3v) is 10.3. The average molecular weight is 639 g/mol. The summed E-state index contributed by atoms with van der Waals surface area (Å²) in [7, 11) is -4.11. The van der Waals surface area contributed by atoms with Crippen LogP contribution in [0.4, 0.5) is 4.79 Å². The largest absolute Gasteiger partial charge is 0.448 e. The molecule has 0 saturated carbocycles. The number of imidazole rings is 1. The second-order valence-corrected chi connectivity index (χ2v) is 13.5. The van der Waals surface area contributed by atoms with E-state index in [1.807, 2.05) is 36.4 Å². The lowest BCUT2D eigenvalue weighted by molar-refractivity contribution is 0.0567. The standard InChI is InChI=1S/C36H38N4O5S/c1-28(38(25-29-13-5-2-6-14-29)26-30-15-7-3-8-16-30)27-45-36(42)37-23-21-31(22-24-37)39-33-19-11-12-20-34(33)40(35(39)41)46(43,44)32-17-9-4-10-18-32/h2-20,28,31H,21-27H2,1H3. The summed E-state index contributed by atoms with van der Waals surface area (Å²) in [6.45, 7) is 4.55. The number of para-hydroxylation sites is 2. The summed E-state index contributed by atoms with van der Waals surface area (Å²) in [5.41, 5.74) is 2.66. The van der Waals surface area contributed by atoms with Crippen molar-refractivity contribution in [2.45, 2.75) is 49.8 Å². The number of hydrogen-bond donors (Lipinski definition) is 0. The Hall–Kier alpha value is -4.67. The lowest BCUT2D eigenvalue weighted by Gasteiger charge is -2.33. The van der Waals surface area contributed by atoms with E-state index in [0.717, 1.165) is 17.1 Å². The van der Waals surface area contributed by atoms with Crippen molar-refractivity contribution < 1.29 is 17.9 Å². The second-order valence-electron chi connectivity index (χ2n) is 11.7. The Kier molecular flexibility index (Phi) is 9.37. The first-order valence-electron chi connectivity index (χ1n) is 15.6. The minimum absolute atomic E-state index is 0.0295. The van der Waals surface area contributed by atoms with Crippen LogP contribution >= 0.6 is 0 Å². The van der Waals surface area contributed by atoms with Gasteiger partial charge >= 0.3 is 11.8 Å². The van der Waals surface area contributed by atoms with Crippen molar-refractivity contribution in [2.75, 3.05) is 19.7 Å². The highest BCUT2D eigenvalue weighted by molar-refractivity contribution is 7.90. The van der Waals surface area contributed by atoms with E-state index in [1.165, 1.54) is 23.3 Å². The van der Waals surface area contributed by atoms with Crippen LogP contribution < -0.4 is 5.69 Å². The van der Waals surface area contributed by atoms with Crippen LogP contribution in [0.3, 0.4) is 0 Å². The van der Waals surface area contributed by atoms with Gasteiger partial charge in [-0.1, -0.05) is 91.0 Å². The van der Waals surface area contributed by atoms with Crippen molar-refractivity contribution in [1.82, 2.24) is 18.3 Å². The predicted octanol–water partition coefficient (Wildman–Crippen LogP) is 5.90. The molecule has 1 atom stereocenters. The van der Waals surface area contributed by atoms with Crippen molar-refractivity contribution in [1.29, 1.82) is 0 Å². The molecule has 0 radical (unpaired) electrons. The van der Waals surface area contributed by atoms with E-state index in [0.29, 0.717) is 37.0 Å². The fraction of sp³-hybridized carbons (Fsp3) is 0.278. The number of rotatable bonds is 10. The lowest BCUT2D eigenvalue weighted by Crippen LogP contribution is -2.43. The maximum atomic E-state index is 13.8. The first-order chi connectivity index (χ1) is 22.3. The fourth-order valence-corrected chi connectivity index (χ4v) is 7.54. The van der Waals surface area contributed by atoms with Crippen LogP contribution in [-0.4, -0.2) is 58.6 Å². The molecule has 1 aromatic heterocycles. The minimum atomic E-state index is -4.11. The fourth-order valence-electron chi connectivity index (χ4n) is 6.13. The zero-order valence-electron chi connectivity index (χ0n) is 25.8. The van der Waals surface area contributed by atoms with Crippen LogP contribution in [0.1, 0.15) is 36.9 Å². The number of likely N-dealkylation sites (tertiary alicyclic amines) is 1. The molecule has 1 aliphatic rings. The van der Waals surface area contributed by atoms with Gasteiger partial charge in [-0.15, -0.1) is 0 Å². The van der Waals surface area contributed by atoms with Gasteiger partial charge in [0.25, 0.3) is 10.0 Å². The molecule has 1 amide bonds. The number of piperidine rings is 1. The summed E-state index contributed by atoms with van der Waals surface area (Å²) in [4.78, 5) is 31.0. The molecule has 6 rings (SSSR count). The summed E-state index contributed by atoms with van der Waals surface area (Å²) in [5.74, 6) is 0. The molecule has 0 bridgehead atoms. The number of aromatic nitrogens is 2. The summed E-state index contributed by atoms with van der Waals surface area (Å²) >= 11 is 0. The molecule has 1 unspecified atom stereocenters. The Labute approximate surface area is 269 Å². The quantitative estimate of drug-likeness (QED) is 0.189. The van der Waals surface area contributed by atoms with Crippen LogP contribution in [0, 0.1) is 0 Å². The SMILES string of the molecule is CC(COC(=O)N1CCC(n2c(=O)n(S(=O)(=O)c3ccccc3)c3ccccc32)CC1)N(Cc1ccccc1)Cc1ccccc1. The minimum Gasteiger partial charge on any atom is -0.448 e. The van der Waals surface area contributed by atoms with Gasteiger partial charge in [-0.25, -0.2) is 18.0 Å². The van der Waals surface area contributed by atoms with Crippen molar-refractivity contribution in [2.24, 2.45) is 0 Å². The van der Waals surface area contributed by atoms with E-state index in [1.54, 1.807) is 51.9 Å². The molecule has 46 heavy (non-hydrogen) atoms. The summed E-state index contributed by atoms with van der Waals surface area (Å²) < 4.78 is 35.4. The Morgan fingerprint density at radius 1 is 0.783 bits per heavy atom. The van der Waals surface area contributed by atoms with Crippen molar-refractivity contribution in [3.63, 3.8) is 0 Å². The summed E-state index contributed by atoms with van der Waals surface area (Å²) in [6.07, 6.45) is 0.613. The molecule has 0 aliphatic carbocycles. The van der Waals surface area contributed by atoms with E-state index < -0.39 is 15.7 Å². The topological polar surface area (TPSA) is 93.8 Å². The number of carbonyl (C=O) groups is 1. The highest BCUT2D eigenvalue weighted by atomic mass is 32.2. The van der Waals surface area contributed by atoms with Crippen molar-refractivity contribution >= 4 is 27.1 Å². The number of carbonyl (C=O) groups excluding carboxylic acids is 1. The molecule has 1 fully saturated rings. The maximum absolute atomic E-state index is 13.8. The molecule has 5 aromatic rings. The van der Waals surface area contributed by atoms with Crippen molar-refractivity contribution in [3.8, 4) is 0 Å². The molecule has 1 saturated heterocycles. The Morgan fingerprint density at radius 2 is 1.28 bits per heavy atom. The highest BCUT2D eigenvalue weighted by Gasteiger charge is 2.31. The van der Waals surface area contributed by atoms with E-state index in [4.69, 9.17) is 4.74 Å². The molecular weight excluding hydrogens is 600 g/mol. The average Bonchev–Trinajstić information content (AvgIpc) is 3.40. The third kappa shape index (κ3) is 6.63. The zero-order chi connectivity index (χ0) is 32.1. The zero-order valence-corrected chi connectivity index (χ0v) is 26.6. The molecule has 4 aromatic carbocycles. The second kappa shape index (κ2) is 13.8. The van der Waals surface area contributed by atoms with Gasteiger partial charge in [-0.3, -0.25) is 9.47 Å². The highest BCUT2D eigenvalue weighted by Crippen LogP contribution is 2.28. The number of nitrogens with zero attached hydrogens (tertiary/aromatic N) is 4. The van der Waals surface area contributed by atoms with Crippen LogP contribution in [0.15, 0.2) is 125 Å². The molecule has 0 spiro atoms. The number of amides is 1. The van der Waals surface area contributed by atoms with Crippen LogP contribution in [0.25, 0.3) is 11.0 Å². The van der Waals surface area contributed by atoms with E-state index in [2.05, 4.69) is 36.1 Å². The third-order valence-electron chi connectivity index (χ3n) is 8.64. The van der Waals surface area contributed by atoms with Crippen LogP contribution in [-0.2, 0) is 27.8 Å². The first-order valence-corrected chi connectivity index (χ1v) is 17.0. The molecule has 10 heteroatoms. The van der Waals surface area contributed by atoms with Gasteiger partial charge < -0.3 is 9.64 Å². The lowest BCUT2D eigenvalue weighted by atomic mass is 10.0. The summed E-state index contributed by atoms with van der Waals surface area (Å²) in [5, 5.41) is 0. The Morgan fingerprint density at radius 3 is 1.85 bits per heavy atom. The molecule has 2 heterocycles. The van der Waals surface area contributed by atoms with E-state index in [-0.39, 0.29) is 29.7 Å². The summed E-state index contributed by atoms with van der Waals surface area (Å²) in [6, 6.07) is 35.1. The number of hydrogen-bond acceptors (Lipinski definition) is 6. The van der Waals surface area contributed by atoms with Gasteiger partial charge in [-0.05, 0) is 55.2 Å². The van der Waals surface area contributed by atoms with Crippen molar-refractivity contribution in [3.05, 3.63) is 137 Å². The van der Waals surface area contributed by atoms with Gasteiger partial charge in [0.2, 0.25) is 0 Å². The van der Waals surface area contributed by atoms with Gasteiger partial charge in [-0.2, -0.15) is 3.97 Å². The normalized spacial score (nSPS) is 14.9. The predicted molar refractivity (Wildman–Crippen MR) is 178 cm³/mol. The van der Waals surface area contributed by atoms with Crippen LogP contribution in [0.5, 0.6) is 0 Å². The number of ether oxygens (including phenoxy) is 1. The smallest absolute Gasteiger partial charge is 0.409 e.